The minimum absolute atomic E-state index is 0.262. The topological polar surface area (TPSA) is 67.5 Å². The Morgan fingerprint density at radius 1 is 1.20 bits per heavy atom. The van der Waals surface area contributed by atoms with Crippen molar-refractivity contribution in [2.24, 2.45) is 5.18 Å². The van der Waals surface area contributed by atoms with Gasteiger partial charge in [0, 0.05) is 22.2 Å². The number of nitroso groups, excluding NO2 is 1. The number of hydrogen-bond donors (Lipinski definition) is 1. The molecule has 1 atom stereocenters. The van der Waals surface area contributed by atoms with Crippen LogP contribution in [0.3, 0.4) is 0 Å². The third-order valence-corrected chi connectivity index (χ3v) is 5.32. The van der Waals surface area contributed by atoms with Crippen LogP contribution in [-0.2, 0) is 6.54 Å². The van der Waals surface area contributed by atoms with Crippen LogP contribution in [-0.4, -0.2) is 14.7 Å². The van der Waals surface area contributed by atoms with Crippen LogP contribution in [0.2, 0.25) is 10.0 Å². The van der Waals surface area contributed by atoms with Gasteiger partial charge in [-0.25, -0.2) is 4.98 Å². The Morgan fingerprint density at radius 2 is 2.04 bits per heavy atom. The van der Waals surface area contributed by atoms with Gasteiger partial charge < -0.3 is 9.67 Å². The summed E-state index contributed by atoms with van der Waals surface area (Å²) in [5.74, 6) is 0. The summed E-state index contributed by atoms with van der Waals surface area (Å²) in [4.78, 5) is 16.7. The SMILES string of the molecule is O=Nc1cc(C(O)Cn2ccnc2)ccc1Sc1ccc(Cl)c(Cl)c1. The number of benzene rings is 2. The molecule has 1 N–H and O–H groups in total. The number of aliphatic hydroxyl groups is 1. The molecule has 0 aliphatic rings. The lowest BCUT2D eigenvalue weighted by Gasteiger charge is -2.13. The van der Waals surface area contributed by atoms with Crippen LogP contribution < -0.4 is 0 Å². The number of aliphatic hydroxyl groups excluding tert-OH is 1. The van der Waals surface area contributed by atoms with Gasteiger partial charge in [0.2, 0.25) is 0 Å². The Morgan fingerprint density at radius 3 is 2.72 bits per heavy atom. The number of nitrogens with zero attached hydrogens (tertiary/aromatic N) is 3. The molecule has 128 valence electrons. The van der Waals surface area contributed by atoms with Gasteiger partial charge in [0.05, 0.1) is 29.0 Å². The quantitative estimate of drug-likeness (QED) is 0.563. The molecular formula is C17H13Cl2N3O2S. The van der Waals surface area contributed by atoms with E-state index >= 15 is 0 Å². The first-order valence-corrected chi connectivity index (χ1v) is 8.88. The van der Waals surface area contributed by atoms with Crippen molar-refractivity contribution >= 4 is 40.7 Å². The van der Waals surface area contributed by atoms with E-state index in [4.69, 9.17) is 23.2 Å². The maximum atomic E-state index is 11.2. The van der Waals surface area contributed by atoms with Gasteiger partial charge in [-0.2, -0.15) is 0 Å². The fraction of sp³-hybridized carbons (Fsp3) is 0.118. The van der Waals surface area contributed by atoms with Crippen LogP contribution in [0, 0.1) is 4.91 Å². The van der Waals surface area contributed by atoms with Crippen LogP contribution in [0.1, 0.15) is 11.7 Å². The standard InChI is InChI=1S/C17H13Cl2N3O2S/c18-13-3-2-12(8-14(13)19)25-17-4-1-11(7-15(17)21-24)16(23)9-22-6-5-20-10-22/h1-8,10,16,23H,9H2. The molecule has 0 aliphatic heterocycles. The van der Waals surface area contributed by atoms with Crippen molar-refractivity contribution in [1.29, 1.82) is 0 Å². The maximum Gasteiger partial charge on any atom is 0.122 e. The number of imidazole rings is 1. The van der Waals surface area contributed by atoms with E-state index in [1.165, 1.54) is 11.8 Å². The van der Waals surface area contributed by atoms with E-state index in [1.54, 1.807) is 53.6 Å². The maximum absolute atomic E-state index is 11.2. The molecule has 0 spiro atoms. The summed E-state index contributed by atoms with van der Waals surface area (Å²) in [7, 11) is 0. The second-order valence-corrected chi connectivity index (χ2v) is 7.20. The summed E-state index contributed by atoms with van der Waals surface area (Å²) in [6, 6.07) is 10.4. The minimum atomic E-state index is -0.765. The van der Waals surface area contributed by atoms with Gasteiger partial charge in [-0.3, -0.25) is 0 Å². The van der Waals surface area contributed by atoms with Gasteiger partial charge in [-0.1, -0.05) is 41.0 Å². The summed E-state index contributed by atoms with van der Waals surface area (Å²) in [5.41, 5.74) is 0.875. The second kappa shape index (κ2) is 8.01. The molecule has 0 bridgehead atoms. The Kier molecular flexibility index (Phi) is 5.75. The van der Waals surface area contributed by atoms with Crippen LogP contribution >= 0.6 is 35.0 Å². The van der Waals surface area contributed by atoms with Crippen molar-refractivity contribution in [1.82, 2.24) is 9.55 Å². The third-order valence-electron chi connectivity index (χ3n) is 3.53. The molecule has 5 nitrogen and oxygen atoms in total. The third kappa shape index (κ3) is 4.41. The zero-order chi connectivity index (χ0) is 17.8. The Hall–Kier alpha value is -1.86. The molecule has 0 saturated heterocycles. The number of halogens is 2. The predicted molar refractivity (Wildman–Crippen MR) is 99.7 cm³/mol. The zero-order valence-corrected chi connectivity index (χ0v) is 15.2. The van der Waals surface area contributed by atoms with E-state index in [1.807, 2.05) is 6.07 Å². The van der Waals surface area contributed by atoms with E-state index in [2.05, 4.69) is 10.2 Å². The predicted octanol–water partition coefficient (Wildman–Crippen LogP) is 5.47. The van der Waals surface area contributed by atoms with Crippen molar-refractivity contribution in [3.05, 3.63) is 75.6 Å². The molecule has 3 aromatic rings. The van der Waals surface area contributed by atoms with Crippen molar-refractivity contribution in [2.75, 3.05) is 0 Å². The Bertz CT molecular complexity index is 888. The Balaban J connectivity index is 1.81. The lowest BCUT2D eigenvalue weighted by atomic mass is 10.1. The highest BCUT2D eigenvalue weighted by atomic mass is 35.5. The average Bonchev–Trinajstić information content (AvgIpc) is 3.11. The van der Waals surface area contributed by atoms with Gasteiger partial charge in [0.15, 0.2) is 0 Å². The van der Waals surface area contributed by atoms with Crippen LogP contribution in [0.4, 0.5) is 5.69 Å². The average molecular weight is 394 g/mol. The summed E-state index contributed by atoms with van der Waals surface area (Å²) in [5, 5.41) is 14.3. The minimum Gasteiger partial charge on any atom is -0.387 e. The largest absolute Gasteiger partial charge is 0.387 e. The molecule has 8 heteroatoms. The fourth-order valence-corrected chi connectivity index (χ4v) is 3.53. The molecule has 0 saturated carbocycles. The molecule has 1 heterocycles. The summed E-state index contributed by atoms with van der Waals surface area (Å²) < 4.78 is 1.76. The molecule has 0 aliphatic carbocycles. The van der Waals surface area contributed by atoms with Gasteiger partial charge in [0.25, 0.3) is 0 Å². The monoisotopic (exact) mass is 393 g/mol. The normalized spacial score (nSPS) is 12.1. The summed E-state index contributed by atoms with van der Waals surface area (Å²) in [6.45, 7) is 0.345. The number of hydrogen-bond acceptors (Lipinski definition) is 5. The van der Waals surface area contributed by atoms with Crippen molar-refractivity contribution in [2.45, 2.75) is 22.4 Å². The highest BCUT2D eigenvalue weighted by Crippen LogP contribution is 2.38. The van der Waals surface area contributed by atoms with E-state index < -0.39 is 6.10 Å². The molecule has 0 fully saturated rings. The molecular weight excluding hydrogens is 381 g/mol. The van der Waals surface area contributed by atoms with Crippen molar-refractivity contribution in [3.8, 4) is 0 Å². The highest BCUT2D eigenvalue weighted by molar-refractivity contribution is 7.99. The van der Waals surface area contributed by atoms with Crippen molar-refractivity contribution in [3.63, 3.8) is 0 Å². The first kappa shape index (κ1) is 17.9. The van der Waals surface area contributed by atoms with Crippen LogP contribution in [0.15, 0.2) is 70.1 Å². The van der Waals surface area contributed by atoms with Gasteiger partial charge >= 0.3 is 0 Å². The molecule has 2 aromatic carbocycles. The fourth-order valence-electron chi connectivity index (χ4n) is 2.27. The molecule has 1 unspecified atom stereocenters. The van der Waals surface area contributed by atoms with E-state index in [0.29, 0.717) is 27.0 Å². The lowest BCUT2D eigenvalue weighted by molar-refractivity contribution is 0.156. The van der Waals surface area contributed by atoms with E-state index in [9.17, 15) is 10.0 Å². The van der Waals surface area contributed by atoms with Crippen molar-refractivity contribution < 1.29 is 5.11 Å². The van der Waals surface area contributed by atoms with Gasteiger partial charge in [-0.15, -0.1) is 4.91 Å². The van der Waals surface area contributed by atoms with E-state index in [-0.39, 0.29) is 5.69 Å². The zero-order valence-electron chi connectivity index (χ0n) is 12.8. The molecule has 0 radical (unpaired) electrons. The smallest absolute Gasteiger partial charge is 0.122 e. The second-order valence-electron chi connectivity index (χ2n) is 5.27. The number of aromatic nitrogens is 2. The van der Waals surface area contributed by atoms with Crippen LogP contribution in [0.25, 0.3) is 0 Å². The molecule has 25 heavy (non-hydrogen) atoms. The molecule has 3 rings (SSSR count). The van der Waals surface area contributed by atoms with Gasteiger partial charge in [0.1, 0.15) is 5.69 Å². The highest BCUT2D eigenvalue weighted by Gasteiger charge is 2.13. The first-order chi connectivity index (χ1) is 12.1. The summed E-state index contributed by atoms with van der Waals surface area (Å²) in [6.07, 6.45) is 4.26. The van der Waals surface area contributed by atoms with Gasteiger partial charge in [-0.05, 0) is 41.1 Å². The Labute approximate surface area is 158 Å². The van der Waals surface area contributed by atoms with Crippen LogP contribution in [0.5, 0.6) is 0 Å². The summed E-state index contributed by atoms with van der Waals surface area (Å²) >= 11 is 13.3. The first-order valence-electron chi connectivity index (χ1n) is 7.31. The molecule has 1 aromatic heterocycles. The lowest BCUT2D eigenvalue weighted by Crippen LogP contribution is -2.07. The number of rotatable bonds is 6. The van der Waals surface area contributed by atoms with E-state index in [0.717, 1.165) is 4.90 Å². The molecule has 0 amide bonds.